The lowest BCUT2D eigenvalue weighted by Crippen LogP contribution is -2.30. The first-order valence-corrected chi connectivity index (χ1v) is 5.65. The van der Waals surface area contributed by atoms with Gasteiger partial charge in [-0.25, -0.2) is 14.3 Å². The lowest BCUT2D eigenvalue weighted by molar-refractivity contribution is 0.0953. The van der Waals surface area contributed by atoms with Crippen LogP contribution < -0.4 is 11.3 Å². The number of hydrogen-bond donors (Lipinski definition) is 2. The van der Waals surface area contributed by atoms with Crippen molar-refractivity contribution in [3.63, 3.8) is 0 Å². The maximum atomic E-state index is 11.1. The summed E-state index contributed by atoms with van der Waals surface area (Å²) in [5, 5.41) is 0. The lowest BCUT2D eigenvalue weighted by Gasteiger charge is -2.01. The number of hydrogen-bond acceptors (Lipinski definition) is 4. The first-order valence-electron chi connectivity index (χ1n) is 3.76. The second-order valence-electron chi connectivity index (χ2n) is 2.77. The third-order valence-electron chi connectivity index (χ3n) is 1.66. The molecule has 3 N–H and O–H groups in total. The summed E-state index contributed by atoms with van der Waals surface area (Å²) in [6, 6.07) is 5.66. The molecule has 1 rings (SSSR count). The third kappa shape index (κ3) is 3.50. The minimum Gasteiger partial charge on any atom is -0.290 e. The lowest BCUT2D eigenvalue weighted by atomic mass is 10.2. The van der Waals surface area contributed by atoms with Gasteiger partial charge in [0.1, 0.15) is 0 Å². The van der Waals surface area contributed by atoms with Crippen molar-refractivity contribution in [2.75, 3.05) is 6.26 Å². The van der Waals surface area contributed by atoms with Crippen LogP contribution in [0.15, 0.2) is 29.2 Å². The Kier molecular flexibility index (Phi) is 4.73. The molecule has 0 atom stereocenters. The fraction of sp³-hybridized carbons (Fsp3) is 0.125. The first kappa shape index (κ1) is 13.9. The molecular formula is C8H11ClN2O3S. The van der Waals surface area contributed by atoms with Crippen molar-refractivity contribution < 1.29 is 13.2 Å². The van der Waals surface area contributed by atoms with Crippen LogP contribution in [0, 0.1) is 0 Å². The van der Waals surface area contributed by atoms with Crippen LogP contribution in [0.3, 0.4) is 0 Å². The van der Waals surface area contributed by atoms with Crippen molar-refractivity contribution in [3.05, 3.63) is 29.8 Å². The summed E-state index contributed by atoms with van der Waals surface area (Å²) in [5.41, 5.74) is 2.14. The molecule has 7 heteroatoms. The van der Waals surface area contributed by atoms with Crippen LogP contribution >= 0.6 is 12.4 Å². The Balaban J connectivity index is 0.00000196. The van der Waals surface area contributed by atoms with Crippen molar-refractivity contribution in [1.82, 2.24) is 5.43 Å². The Morgan fingerprint density at radius 3 is 2.47 bits per heavy atom. The molecule has 0 aliphatic rings. The number of nitrogens with two attached hydrogens (primary N) is 1. The summed E-state index contributed by atoms with van der Waals surface area (Å²) in [7, 11) is -3.29. The van der Waals surface area contributed by atoms with E-state index < -0.39 is 15.7 Å². The molecule has 0 aliphatic carbocycles. The van der Waals surface area contributed by atoms with E-state index in [1.807, 2.05) is 5.43 Å². The molecule has 0 bridgehead atoms. The number of rotatable bonds is 2. The molecule has 0 unspecified atom stereocenters. The van der Waals surface area contributed by atoms with E-state index in [9.17, 15) is 13.2 Å². The van der Waals surface area contributed by atoms with Crippen LogP contribution in [0.25, 0.3) is 0 Å². The zero-order valence-corrected chi connectivity index (χ0v) is 9.56. The van der Waals surface area contributed by atoms with E-state index in [-0.39, 0.29) is 22.9 Å². The van der Waals surface area contributed by atoms with Crippen LogP contribution in [-0.4, -0.2) is 20.6 Å². The maximum absolute atomic E-state index is 11.1. The maximum Gasteiger partial charge on any atom is 0.265 e. The van der Waals surface area contributed by atoms with Gasteiger partial charge in [-0.05, 0) is 18.2 Å². The molecule has 1 amide bonds. The van der Waals surface area contributed by atoms with Gasteiger partial charge in [-0.15, -0.1) is 12.4 Å². The zero-order chi connectivity index (χ0) is 10.8. The molecule has 0 aromatic heterocycles. The monoisotopic (exact) mass is 250 g/mol. The highest BCUT2D eigenvalue weighted by Gasteiger charge is 2.10. The number of sulfone groups is 1. The third-order valence-corrected chi connectivity index (χ3v) is 2.77. The number of benzene rings is 1. The minimum absolute atomic E-state index is 0. The average Bonchev–Trinajstić information content (AvgIpc) is 2.15. The summed E-state index contributed by atoms with van der Waals surface area (Å²) in [6.45, 7) is 0. The molecule has 84 valence electrons. The highest BCUT2D eigenvalue weighted by atomic mass is 35.5. The van der Waals surface area contributed by atoms with E-state index in [0.717, 1.165) is 6.26 Å². The molecule has 0 spiro atoms. The molecule has 0 saturated carbocycles. The largest absolute Gasteiger partial charge is 0.290 e. The second kappa shape index (κ2) is 5.11. The van der Waals surface area contributed by atoms with Gasteiger partial charge in [0.15, 0.2) is 9.84 Å². The smallest absolute Gasteiger partial charge is 0.265 e. The quantitative estimate of drug-likeness (QED) is 0.443. The van der Waals surface area contributed by atoms with Gasteiger partial charge in [-0.3, -0.25) is 10.2 Å². The van der Waals surface area contributed by atoms with Crippen molar-refractivity contribution in [1.29, 1.82) is 0 Å². The normalized spacial score (nSPS) is 10.3. The van der Waals surface area contributed by atoms with E-state index in [4.69, 9.17) is 5.84 Å². The van der Waals surface area contributed by atoms with Gasteiger partial charge in [0.05, 0.1) is 4.90 Å². The number of carbonyl (C=O) groups is 1. The van der Waals surface area contributed by atoms with Crippen molar-refractivity contribution in [2.45, 2.75) is 4.90 Å². The topological polar surface area (TPSA) is 89.3 Å². The Morgan fingerprint density at radius 2 is 2.00 bits per heavy atom. The number of halogens is 1. The summed E-state index contributed by atoms with van der Waals surface area (Å²) in [4.78, 5) is 11.2. The molecule has 0 aliphatic heterocycles. The van der Waals surface area contributed by atoms with Gasteiger partial charge in [0, 0.05) is 11.8 Å². The van der Waals surface area contributed by atoms with E-state index in [0.29, 0.717) is 0 Å². The Bertz CT molecular complexity index is 459. The van der Waals surface area contributed by atoms with E-state index in [2.05, 4.69) is 0 Å². The predicted octanol–water partition coefficient (Wildman–Crippen LogP) is 0.115. The van der Waals surface area contributed by atoms with Crippen LogP contribution in [0.4, 0.5) is 0 Å². The second-order valence-corrected chi connectivity index (χ2v) is 4.79. The summed E-state index contributed by atoms with van der Waals surface area (Å²) in [5.74, 6) is 4.40. The van der Waals surface area contributed by atoms with Gasteiger partial charge in [0.2, 0.25) is 0 Å². The van der Waals surface area contributed by atoms with E-state index >= 15 is 0 Å². The molecule has 15 heavy (non-hydrogen) atoms. The molecule has 1 aromatic carbocycles. The fourth-order valence-corrected chi connectivity index (χ4v) is 1.62. The van der Waals surface area contributed by atoms with Gasteiger partial charge in [0.25, 0.3) is 5.91 Å². The number of nitrogen functional groups attached to an aromatic ring is 1. The van der Waals surface area contributed by atoms with Gasteiger partial charge in [-0.2, -0.15) is 0 Å². The number of hydrazine groups is 1. The minimum atomic E-state index is -3.29. The standard InChI is InChI=1S/C8H10N2O3S.ClH/c1-14(12,13)7-4-2-3-6(5-7)8(11)10-9;/h2-5H,9H2,1H3,(H,10,11);1H. The van der Waals surface area contributed by atoms with Crippen LogP contribution in [0.2, 0.25) is 0 Å². The Hall–Kier alpha value is -1.11. The van der Waals surface area contributed by atoms with Crippen molar-refractivity contribution in [3.8, 4) is 0 Å². The molecule has 1 aromatic rings. The Labute approximate surface area is 94.0 Å². The van der Waals surface area contributed by atoms with Crippen molar-refractivity contribution >= 4 is 28.2 Å². The average molecular weight is 251 g/mol. The number of amides is 1. The van der Waals surface area contributed by atoms with Gasteiger partial charge < -0.3 is 0 Å². The first-order chi connectivity index (χ1) is 6.45. The molecule has 0 heterocycles. The molecule has 5 nitrogen and oxygen atoms in total. The summed E-state index contributed by atoms with van der Waals surface area (Å²) < 4.78 is 22.3. The number of carbonyl (C=O) groups excluding carboxylic acids is 1. The molecule has 0 saturated heterocycles. The zero-order valence-electron chi connectivity index (χ0n) is 7.93. The molecule has 0 fully saturated rings. The summed E-state index contributed by atoms with van der Waals surface area (Å²) >= 11 is 0. The fourth-order valence-electron chi connectivity index (χ4n) is 0.951. The molecular weight excluding hydrogens is 240 g/mol. The van der Waals surface area contributed by atoms with Crippen LogP contribution in [0.1, 0.15) is 10.4 Å². The highest BCUT2D eigenvalue weighted by molar-refractivity contribution is 7.90. The number of nitrogens with one attached hydrogen (secondary N) is 1. The predicted molar refractivity (Wildman–Crippen MR) is 58.5 cm³/mol. The van der Waals surface area contributed by atoms with E-state index in [1.165, 1.54) is 24.3 Å². The summed E-state index contributed by atoms with van der Waals surface area (Å²) in [6.07, 6.45) is 1.08. The SMILES string of the molecule is CS(=O)(=O)c1cccc(C(=O)NN)c1.Cl. The van der Waals surface area contributed by atoms with Crippen LogP contribution in [0.5, 0.6) is 0 Å². The van der Waals surface area contributed by atoms with Gasteiger partial charge >= 0.3 is 0 Å². The Morgan fingerprint density at radius 1 is 1.40 bits per heavy atom. The van der Waals surface area contributed by atoms with Gasteiger partial charge in [-0.1, -0.05) is 6.07 Å². The highest BCUT2D eigenvalue weighted by Crippen LogP contribution is 2.10. The van der Waals surface area contributed by atoms with Crippen LogP contribution in [-0.2, 0) is 9.84 Å². The van der Waals surface area contributed by atoms with E-state index in [1.54, 1.807) is 0 Å². The molecule has 0 radical (unpaired) electrons. The van der Waals surface area contributed by atoms with Crippen molar-refractivity contribution in [2.24, 2.45) is 5.84 Å².